The number of nitrogens with zero attached hydrogens (tertiary/aromatic N) is 3. The van der Waals surface area contributed by atoms with Crippen molar-refractivity contribution in [3.63, 3.8) is 0 Å². The molecule has 7 heteroatoms. The number of benzene rings is 1. The fourth-order valence-corrected chi connectivity index (χ4v) is 5.80. The van der Waals surface area contributed by atoms with Crippen LogP contribution in [0.5, 0.6) is 0 Å². The smallest absolute Gasteiger partial charge is 0.267 e. The van der Waals surface area contributed by atoms with Crippen LogP contribution in [0.25, 0.3) is 17.3 Å². The summed E-state index contributed by atoms with van der Waals surface area (Å²) in [5.74, 6) is 1.54. The Morgan fingerprint density at radius 3 is 2.68 bits per heavy atom. The van der Waals surface area contributed by atoms with Crippen molar-refractivity contribution in [3.05, 3.63) is 64.3 Å². The molecular formula is C24H23N3O2S2. The minimum absolute atomic E-state index is 0.0181. The third-order valence-electron chi connectivity index (χ3n) is 5.56. The van der Waals surface area contributed by atoms with Gasteiger partial charge < -0.3 is 4.42 Å². The van der Waals surface area contributed by atoms with Gasteiger partial charge in [-0.3, -0.25) is 9.69 Å². The standard InChI is InChI=1S/C24H23N3O2S2/c1-16-12-13-19(29-16)14-21-22(28)27(18-10-6-3-7-11-18)24(31-21)26-23-25-20(15-30-23)17-8-4-2-5-9-17/h2,4-5,8-9,12-15,18H,3,6-7,10-11H2,1H3/b21-14+,26-24+. The number of amidine groups is 1. The van der Waals surface area contributed by atoms with E-state index in [1.807, 2.05) is 65.7 Å². The predicted molar refractivity (Wildman–Crippen MR) is 127 cm³/mol. The van der Waals surface area contributed by atoms with E-state index in [0.29, 0.717) is 15.8 Å². The lowest BCUT2D eigenvalue weighted by Crippen LogP contribution is -2.40. The molecule has 1 aromatic carbocycles. The van der Waals surface area contributed by atoms with E-state index in [2.05, 4.69) is 0 Å². The molecule has 0 unspecified atom stereocenters. The molecule has 158 valence electrons. The largest absolute Gasteiger partial charge is 0.462 e. The SMILES string of the molecule is Cc1ccc(/C=C2/S/C(=N/c3nc(-c4ccccc4)cs3)N(C3CCCCC3)C2=O)o1. The van der Waals surface area contributed by atoms with Crippen LogP contribution in [0.1, 0.15) is 43.6 Å². The number of amides is 1. The second-order valence-corrected chi connectivity index (χ2v) is 9.65. The Bertz CT molecular complexity index is 1140. The molecule has 1 amide bonds. The molecule has 2 aliphatic rings. The van der Waals surface area contributed by atoms with E-state index in [1.165, 1.54) is 29.5 Å². The molecule has 1 aliphatic heterocycles. The maximum absolute atomic E-state index is 13.3. The zero-order valence-electron chi connectivity index (χ0n) is 17.3. The maximum Gasteiger partial charge on any atom is 0.267 e. The number of thiazole rings is 1. The minimum atomic E-state index is 0.0181. The monoisotopic (exact) mass is 449 g/mol. The van der Waals surface area contributed by atoms with Crippen molar-refractivity contribution in [3.8, 4) is 11.3 Å². The quantitative estimate of drug-likeness (QED) is 0.419. The highest BCUT2D eigenvalue weighted by Gasteiger charge is 2.39. The number of carbonyl (C=O) groups is 1. The molecule has 2 aromatic heterocycles. The van der Waals surface area contributed by atoms with Crippen LogP contribution >= 0.6 is 23.1 Å². The molecule has 5 rings (SSSR count). The first-order valence-electron chi connectivity index (χ1n) is 10.6. The summed E-state index contributed by atoms with van der Waals surface area (Å²) in [6, 6.07) is 14.1. The van der Waals surface area contributed by atoms with Gasteiger partial charge >= 0.3 is 0 Å². The van der Waals surface area contributed by atoms with Crippen LogP contribution in [-0.2, 0) is 4.79 Å². The van der Waals surface area contributed by atoms with Gasteiger partial charge in [-0.15, -0.1) is 11.3 Å². The number of aliphatic imine (C=N–C) groups is 1. The highest BCUT2D eigenvalue weighted by Crippen LogP contribution is 2.39. The molecule has 1 aliphatic carbocycles. The zero-order chi connectivity index (χ0) is 21.2. The number of aryl methyl sites for hydroxylation is 1. The van der Waals surface area contributed by atoms with Crippen molar-refractivity contribution >= 4 is 45.4 Å². The molecule has 3 aromatic rings. The van der Waals surface area contributed by atoms with Gasteiger partial charge in [-0.2, -0.15) is 4.99 Å². The molecule has 2 fully saturated rings. The lowest BCUT2D eigenvalue weighted by Gasteiger charge is -2.30. The molecule has 1 saturated heterocycles. The lowest BCUT2D eigenvalue weighted by molar-refractivity contribution is -0.124. The van der Waals surface area contributed by atoms with E-state index in [-0.39, 0.29) is 11.9 Å². The fourth-order valence-electron chi connectivity index (χ4n) is 4.03. The molecule has 3 heterocycles. The average molecular weight is 450 g/mol. The summed E-state index contributed by atoms with van der Waals surface area (Å²) in [5.41, 5.74) is 1.98. The number of aromatic nitrogens is 1. The van der Waals surface area contributed by atoms with Crippen LogP contribution in [0, 0.1) is 6.92 Å². The van der Waals surface area contributed by atoms with Crippen molar-refractivity contribution in [1.29, 1.82) is 0 Å². The van der Waals surface area contributed by atoms with Crippen molar-refractivity contribution < 1.29 is 9.21 Å². The van der Waals surface area contributed by atoms with E-state index >= 15 is 0 Å². The summed E-state index contributed by atoms with van der Waals surface area (Å²) < 4.78 is 5.67. The third kappa shape index (κ3) is 4.38. The fraction of sp³-hybridized carbons (Fsp3) is 0.292. The van der Waals surface area contributed by atoms with Crippen LogP contribution in [0.4, 0.5) is 5.13 Å². The first kappa shape index (κ1) is 20.3. The Labute approximate surface area is 189 Å². The second kappa shape index (κ2) is 8.85. The molecule has 0 bridgehead atoms. The second-order valence-electron chi connectivity index (χ2n) is 7.80. The summed E-state index contributed by atoms with van der Waals surface area (Å²) in [4.78, 5) is 25.4. The van der Waals surface area contributed by atoms with Gasteiger partial charge in [0.2, 0.25) is 5.13 Å². The molecule has 0 spiro atoms. The molecule has 0 atom stereocenters. The topological polar surface area (TPSA) is 58.7 Å². The number of thioether (sulfide) groups is 1. The summed E-state index contributed by atoms with van der Waals surface area (Å²) in [6.45, 7) is 1.90. The van der Waals surface area contributed by atoms with Crippen molar-refractivity contribution in [2.24, 2.45) is 4.99 Å². The van der Waals surface area contributed by atoms with Gasteiger partial charge in [0.15, 0.2) is 5.17 Å². The minimum Gasteiger partial charge on any atom is -0.462 e. The molecule has 31 heavy (non-hydrogen) atoms. The highest BCUT2D eigenvalue weighted by atomic mass is 32.2. The molecule has 1 saturated carbocycles. The van der Waals surface area contributed by atoms with Crippen LogP contribution < -0.4 is 0 Å². The zero-order valence-corrected chi connectivity index (χ0v) is 18.9. The number of hydrogen-bond acceptors (Lipinski definition) is 6. The average Bonchev–Trinajstić information content (AvgIpc) is 3.50. The Hall–Kier alpha value is -2.64. The molecule has 5 nitrogen and oxygen atoms in total. The summed E-state index contributed by atoms with van der Waals surface area (Å²) in [7, 11) is 0. The third-order valence-corrected chi connectivity index (χ3v) is 7.28. The van der Waals surface area contributed by atoms with Gasteiger partial charge in [0.25, 0.3) is 5.91 Å². The van der Waals surface area contributed by atoms with Gasteiger partial charge in [-0.25, -0.2) is 4.98 Å². The van der Waals surface area contributed by atoms with Gasteiger partial charge in [-0.05, 0) is 43.7 Å². The van der Waals surface area contributed by atoms with Crippen LogP contribution in [0.2, 0.25) is 0 Å². The van der Waals surface area contributed by atoms with Crippen LogP contribution in [-0.4, -0.2) is 27.0 Å². The van der Waals surface area contributed by atoms with E-state index in [0.717, 1.165) is 47.9 Å². The van der Waals surface area contributed by atoms with Crippen molar-refractivity contribution in [1.82, 2.24) is 9.88 Å². The highest BCUT2D eigenvalue weighted by molar-refractivity contribution is 8.18. The molecule has 0 N–H and O–H groups in total. The van der Waals surface area contributed by atoms with Gasteiger partial charge in [0.1, 0.15) is 11.5 Å². The molecular weight excluding hydrogens is 426 g/mol. The number of furan rings is 1. The van der Waals surface area contributed by atoms with E-state index in [1.54, 1.807) is 0 Å². The van der Waals surface area contributed by atoms with E-state index < -0.39 is 0 Å². The summed E-state index contributed by atoms with van der Waals surface area (Å²) >= 11 is 2.92. The van der Waals surface area contributed by atoms with Gasteiger partial charge in [0, 0.05) is 23.1 Å². The van der Waals surface area contributed by atoms with Crippen molar-refractivity contribution in [2.45, 2.75) is 45.1 Å². The first-order chi connectivity index (χ1) is 15.2. The Kier molecular flexibility index (Phi) is 5.78. The Balaban J connectivity index is 1.48. The Morgan fingerprint density at radius 2 is 1.94 bits per heavy atom. The van der Waals surface area contributed by atoms with Gasteiger partial charge in [0.05, 0.1) is 10.6 Å². The van der Waals surface area contributed by atoms with E-state index in [4.69, 9.17) is 14.4 Å². The molecule has 0 radical (unpaired) electrons. The Morgan fingerprint density at radius 1 is 1.13 bits per heavy atom. The number of hydrogen-bond donors (Lipinski definition) is 0. The normalized spacial score (nSPS) is 20.3. The number of rotatable bonds is 4. The van der Waals surface area contributed by atoms with E-state index in [9.17, 15) is 4.79 Å². The van der Waals surface area contributed by atoms with Crippen LogP contribution in [0.15, 0.2) is 62.2 Å². The number of carbonyl (C=O) groups excluding carboxylic acids is 1. The first-order valence-corrected chi connectivity index (χ1v) is 12.3. The lowest BCUT2D eigenvalue weighted by atomic mass is 9.94. The summed E-state index contributed by atoms with van der Waals surface area (Å²) in [6.07, 6.45) is 7.41. The predicted octanol–water partition coefficient (Wildman–Crippen LogP) is 6.65. The van der Waals surface area contributed by atoms with Crippen LogP contribution in [0.3, 0.4) is 0 Å². The summed E-state index contributed by atoms with van der Waals surface area (Å²) in [5, 5.41) is 3.41. The van der Waals surface area contributed by atoms with Gasteiger partial charge in [-0.1, -0.05) is 49.6 Å². The van der Waals surface area contributed by atoms with Crippen molar-refractivity contribution in [2.75, 3.05) is 0 Å². The maximum atomic E-state index is 13.3.